The van der Waals surface area contributed by atoms with Gasteiger partial charge < -0.3 is 10.1 Å². The number of nitrogens with one attached hydrogen (secondary N) is 1. The number of benzene rings is 3. The minimum Gasteiger partial charge on any atom is -0.407 e. The first kappa shape index (κ1) is 24.0. The van der Waals surface area contributed by atoms with Crippen LogP contribution in [0, 0.1) is 12.8 Å². The van der Waals surface area contributed by atoms with Gasteiger partial charge in [0.05, 0.1) is 16.9 Å². The van der Waals surface area contributed by atoms with Crippen molar-refractivity contribution in [3.05, 3.63) is 95.7 Å². The lowest BCUT2D eigenvalue weighted by molar-refractivity contribution is -0.132. The van der Waals surface area contributed by atoms with E-state index in [1.807, 2.05) is 79.7 Å². The molecule has 178 valence electrons. The summed E-state index contributed by atoms with van der Waals surface area (Å²) in [6, 6.07) is 24.6. The summed E-state index contributed by atoms with van der Waals surface area (Å²) in [5.74, 6) is 0.155. The van der Waals surface area contributed by atoms with Crippen LogP contribution < -0.4 is 10.1 Å². The summed E-state index contributed by atoms with van der Waals surface area (Å²) >= 11 is 0. The van der Waals surface area contributed by atoms with Gasteiger partial charge in [-0.2, -0.15) is 9.78 Å². The number of aryl methyl sites for hydroxylation is 1. The number of esters is 1. The van der Waals surface area contributed by atoms with Crippen molar-refractivity contribution in [1.82, 2.24) is 9.78 Å². The van der Waals surface area contributed by atoms with Crippen molar-refractivity contribution in [2.75, 3.05) is 5.32 Å². The Morgan fingerprint density at radius 3 is 2.31 bits per heavy atom. The van der Waals surface area contributed by atoms with E-state index in [0.717, 1.165) is 34.5 Å². The third-order valence-electron chi connectivity index (χ3n) is 5.47. The zero-order valence-corrected chi connectivity index (χ0v) is 20.4. The first-order valence-corrected chi connectivity index (χ1v) is 11.7. The van der Waals surface area contributed by atoms with E-state index in [9.17, 15) is 9.59 Å². The van der Waals surface area contributed by atoms with Crippen molar-refractivity contribution in [2.45, 2.75) is 34.1 Å². The number of rotatable bonds is 7. The Labute approximate surface area is 205 Å². The van der Waals surface area contributed by atoms with Crippen LogP contribution in [-0.2, 0) is 11.2 Å². The molecule has 0 saturated carbocycles. The second kappa shape index (κ2) is 10.4. The Hall–Kier alpha value is -4.19. The molecule has 0 unspecified atom stereocenters. The Morgan fingerprint density at radius 1 is 0.971 bits per heavy atom. The number of carbonyl (C=O) groups is 2. The first-order chi connectivity index (χ1) is 16.8. The van der Waals surface area contributed by atoms with Gasteiger partial charge in [-0.15, -0.1) is 0 Å². The molecule has 35 heavy (non-hydrogen) atoms. The molecule has 0 aliphatic carbocycles. The number of aromatic nitrogens is 2. The topological polar surface area (TPSA) is 73.2 Å². The molecule has 1 N–H and O–H groups in total. The van der Waals surface area contributed by atoms with Gasteiger partial charge in [-0.1, -0.05) is 61.9 Å². The lowest BCUT2D eigenvalue weighted by atomic mass is 9.99. The lowest BCUT2D eigenvalue weighted by Crippen LogP contribution is -2.11. The normalized spacial score (nSPS) is 10.9. The Kier molecular flexibility index (Phi) is 7.11. The molecule has 3 aromatic carbocycles. The van der Waals surface area contributed by atoms with Gasteiger partial charge in [-0.25, -0.2) is 0 Å². The highest BCUT2D eigenvalue weighted by molar-refractivity contribution is 6.04. The average molecular weight is 468 g/mol. The predicted molar refractivity (Wildman–Crippen MR) is 138 cm³/mol. The van der Waals surface area contributed by atoms with E-state index >= 15 is 0 Å². The fourth-order valence-corrected chi connectivity index (χ4v) is 3.95. The van der Waals surface area contributed by atoms with Crippen molar-refractivity contribution in [1.29, 1.82) is 0 Å². The standard InChI is InChI=1S/C29H29N3O3/c1-19(2)17-26-27(29(35-21(4)33)32(31-26)25-11-6-5-7-12-25)22-13-15-24(16-14-22)30-28(34)23-10-8-9-20(3)18-23/h5-16,18-19H,17H2,1-4H3,(H,30,34). The van der Waals surface area contributed by atoms with E-state index in [-0.39, 0.29) is 5.91 Å². The van der Waals surface area contributed by atoms with E-state index < -0.39 is 5.97 Å². The van der Waals surface area contributed by atoms with Gasteiger partial charge in [0.2, 0.25) is 5.88 Å². The van der Waals surface area contributed by atoms with Crippen LogP contribution >= 0.6 is 0 Å². The number of hydrogen-bond donors (Lipinski definition) is 1. The highest BCUT2D eigenvalue weighted by Gasteiger charge is 2.24. The van der Waals surface area contributed by atoms with Crippen molar-refractivity contribution in [3.8, 4) is 22.7 Å². The minimum atomic E-state index is -0.415. The van der Waals surface area contributed by atoms with Gasteiger partial charge in [0.25, 0.3) is 5.91 Å². The van der Waals surface area contributed by atoms with Gasteiger partial charge in [0, 0.05) is 18.2 Å². The van der Waals surface area contributed by atoms with Crippen LogP contribution in [0.1, 0.15) is 42.4 Å². The van der Waals surface area contributed by atoms with Crippen LogP contribution in [0.15, 0.2) is 78.9 Å². The number of nitrogens with zero attached hydrogens (tertiary/aromatic N) is 2. The molecular formula is C29H29N3O3. The largest absolute Gasteiger partial charge is 0.407 e. The molecule has 0 fully saturated rings. The second-order valence-electron chi connectivity index (χ2n) is 8.97. The Morgan fingerprint density at radius 2 is 1.69 bits per heavy atom. The molecule has 0 spiro atoms. The van der Waals surface area contributed by atoms with E-state index in [2.05, 4.69) is 19.2 Å². The smallest absolute Gasteiger partial charge is 0.309 e. The van der Waals surface area contributed by atoms with E-state index in [1.165, 1.54) is 6.92 Å². The molecule has 0 aliphatic rings. The molecular weight excluding hydrogens is 438 g/mol. The summed E-state index contributed by atoms with van der Waals surface area (Å²) in [4.78, 5) is 24.7. The highest BCUT2D eigenvalue weighted by atomic mass is 16.5. The second-order valence-corrected chi connectivity index (χ2v) is 8.97. The van der Waals surface area contributed by atoms with Crippen molar-refractivity contribution in [3.63, 3.8) is 0 Å². The monoisotopic (exact) mass is 467 g/mol. The summed E-state index contributed by atoms with van der Waals surface area (Å²) in [6.45, 7) is 7.59. The van der Waals surface area contributed by atoms with Crippen molar-refractivity contribution < 1.29 is 14.3 Å². The number of para-hydroxylation sites is 1. The third kappa shape index (κ3) is 5.66. The maximum absolute atomic E-state index is 12.7. The van der Waals surface area contributed by atoms with Gasteiger partial charge in [-0.05, 0) is 61.2 Å². The van der Waals surface area contributed by atoms with E-state index in [4.69, 9.17) is 9.84 Å². The fraction of sp³-hybridized carbons (Fsp3) is 0.207. The maximum atomic E-state index is 12.7. The van der Waals surface area contributed by atoms with Crippen LogP contribution in [0.2, 0.25) is 0 Å². The minimum absolute atomic E-state index is 0.167. The van der Waals surface area contributed by atoms with E-state index in [0.29, 0.717) is 23.0 Å². The Balaban J connectivity index is 1.72. The van der Waals surface area contributed by atoms with Gasteiger partial charge >= 0.3 is 5.97 Å². The van der Waals surface area contributed by atoms with Crippen LogP contribution in [0.4, 0.5) is 5.69 Å². The van der Waals surface area contributed by atoms with Crippen LogP contribution in [0.25, 0.3) is 16.8 Å². The van der Waals surface area contributed by atoms with Gasteiger partial charge in [0.15, 0.2) is 0 Å². The van der Waals surface area contributed by atoms with Crippen LogP contribution in [0.3, 0.4) is 0 Å². The number of ether oxygens (including phenoxy) is 1. The van der Waals surface area contributed by atoms with Gasteiger partial charge in [-0.3, -0.25) is 9.59 Å². The molecule has 0 radical (unpaired) electrons. The van der Waals surface area contributed by atoms with Gasteiger partial charge in [0.1, 0.15) is 0 Å². The van der Waals surface area contributed by atoms with Crippen molar-refractivity contribution >= 4 is 17.6 Å². The number of hydrogen-bond acceptors (Lipinski definition) is 4. The van der Waals surface area contributed by atoms with Crippen molar-refractivity contribution in [2.24, 2.45) is 5.92 Å². The first-order valence-electron chi connectivity index (χ1n) is 11.7. The average Bonchev–Trinajstić information content (AvgIpc) is 3.16. The molecule has 1 heterocycles. The summed E-state index contributed by atoms with van der Waals surface area (Å²) in [6.07, 6.45) is 0.718. The molecule has 0 aliphatic heterocycles. The maximum Gasteiger partial charge on any atom is 0.309 e. The van der Waals surface area contributed by atoms with Crippen LogP contribution in [-0.4, -0.2) is 21.7 Å². The SMILES string of the molecule is CC(=O)Oc1c(-c2ccc(NC(=O)c3cccc(C)c3)cc2)c(CC(C)C)nn1-c1ccccc1. The lowest BCUT2D eigenvalue weighted by Gasteiger charge is -2.11. The summed E-state index contributed by atoms with van der Waals surface area (Å²) < 4.78 is 7.39. The van der Waals surface area contributed by atoms with Crippen LogP contribution in [0.5, 0.6) is 5.88 Å². The third-order valence-corrected chi connectivity index (χ3v) is 5.47. The molecule has 6 nitrogen and oxygen atoms in total. The Bertz CT molecular complexity index is 1340. The number of amides is 1. The summed E-state index contributed by atoms with van der Waals surface area (Å²) in [5, 5.41) is 7.78. The molecule has 0 atom stereocenters. The number of anilines is 1. The molecule has 6 heteroatoms. The molecule has 1 aromatic heterocycles. The molecule has 4 aromatic rings. The summed E-state index contributed by atoms with van der Waals surface area (Å²) in [7, 11) is 0. The molecule has 0 saturated heterocycles. The number of carbonyl (C=O) groups excluding carboxylic acids is 2. The zero-order chi connectivity index (χ0) is 24.9. The summed E-state index contributed by atoms with van der Waals surface area (Å²) in [5.41, 5.74) is 5.59. The molecule has 1 amide bonds. The quantitative estimate of drug-likeness (QED) is 0.327. The predicted octanol–water partition coefficient (Wildman–Crippen LogP) is 6.22. The van der Waals surface area contributed by atoms with E-state index in [1.54, 1.807) is 10.7 Å². The molecule has 4 rings (SSSR count). The molecule has 0 bridgehead atoms. The highest BCUT2D eigenvalue weighted by Crippen LogP contribution is 2.37. The zero-order valence-electron chi connectivity index (χ0n) is 20.4. The fourth-order valence-electron chi connectivity index (χ4n) is 3.95.